The Morgan fingerprint density at radius 3 is 2.57 bits per heavy atom. The zero-order valence-electron chi connectivity index (χ0n) is 13.6. The van der Waals surface area contributed by atoms with E-state index in [1.54, 1.807) is 4.90 Å². The minimum atomic E-state index is -0.540. The van der Waals surface area contributed by atoms with E-state index < -0.39 is 11.6 Å². The van der Waals surface area contributed by atoms with Gasteiger partial charge in [-0.1, -0.05) is 13.3 Å². The zero-order chi connectivity index (χ0) is 16.0. The first-order chi connectivity index (χ1) is 9.76. The van der Waals surface area contributed by atoms with Crippen LogP contribution in [0.2, 0.25) is 0 Å². The highest BCUT2D eigenvalue weighted by molar-refractivity contribution is 5.84. The van der Waals surface area contributed by atoms with Crippen LogP contribution in [-0.2, 0) is 14.3 Å². The van der Waals surface area contributed by atoms with E-state index in [9.17, 15) is 9.59 Å². The SMILES string of the molecule is CCCCC1=C/C(=C/C(=O)OC)CN1C(=O)OC(C)(C)C. The van der Waals surface area contributed by atoms with Crippen molar-refractivity contribution >= 4 is 12.1 Å². The summed E-state index contributed by atoms with van der Waals surface area (Å²) < 4.78 is 10.0. The highest BCUT2D eigenvalue weighted by atomic mass is 16.6. The van der Waals surface area contributed by atoms with Crippen molar-refractivity contribution in [3.8, 4) is 0 Å². The number of rotatable bonds is 4. The number of esters is 1. The number of methoxy groups -OCH3 is 1. The number of nitrogens with zero attached hydrogens (tertiary/aromatic N) is 1. The quantitative estimate of drug-likeness (QED) is 0.589. The molecule has 0 fully saturated rings. The summed E-state index contributed by atoms with van der Waals surface area (Å²) in [5.74, 6) is -0.415. The van der Waals surface area contributed by atoms with Gasteiger partial charge in [-0.2, -0.15) is 0 Å². The number of unbranched alkanes of at least 4 members (excludes halogenated alkanes) is 1. The van der Waals surface area contributed by atoms with Gasteiger partial charge in [0.2, 0.25) is 0 Å². The van der Waals surface area contributed by atoms with E-state index >= 15 is 0 Å². The van der Waals surface area contributed by atoms with E-state index in [1.807, 2.05) is 26.8 Å². The third kappa shape index (κ3) is 5.61. The van der Waals surface area contributed by atoms with Crippen molar-refractivity contribution in [1.29, 1.82) is 0 Å². The molecule has 0 bridgehead atoms. The molecule has 0 aromatic rings. The fourth-order valence-electron chi connectivity index (χ4n) is 1.98. The normalized spacial score (nSPS) is 16.9. The number of hydrogen-bond acceptors (Lipinski definition) is 4. The monoisotopic (exact) mass is 295 g/mol. The van der Waals surface area contributed by atoms with Crippen LogP contribution < -0.4 is 0 Å². The molecule has 118 valence electrons. The van der Waals surface area contributed by atoms with Crippen molar-refractivity contribution in [2.24, 2.45) is 0 Å². The van der Waals surface area contributed by atoms with E-state index in [1.165, 1.54) is 13.2 Å². The fourth-order valence-corrected chi connectivity index (χ4v) is 1.98. The molecule has 1 heterocycles. The van der Waals surface area contributed by atoms with Gasteiger partial charge in [0.1, 0.15) is 5.60 Å². The van der Waals surface area contributed by atoms with Crippen molar-refractivity contribution in [2.45, 2.75) is 52.6 Å². The lowest BCUT2D eigenvalue weighted by molar-refractivity contribution is -0.134. The van der Waals surface area contributed by atoms with Crippen molar-refractivity contribution in [3.05, 3.63) is 23.4 Å². The minimum absolute atomic E-state index is 0.350. The Kier molecular flexibility index (Phi) is 6.00. The molecule has 5 heteroatoms. The van der Waals surface area contributed by atoms with Crippen LogP contribution in [0.4, 0.5) is 4.79 Å². The molecule has 0 saturated carbocycles. The second kappa shape index (κ2) is 7.29. The number of ether oxygens (including phenoxy) is 2. The van der Waals surface area contributed by atoms with Crippen molar-refractivity contribution in [1.82, 2.24) is 4.90 Å². The first-order valence-corrected chi connectivity index (χ1v) is 7.26. The Balaban J connectivity index is 2.87. The Morgan fingerprint density at radius 1 is 1.38 bits per heavy atom. The molecule has 0 N–H and O–H groups in total. The van der Waals surface area contributed by atoms with Crippen LogP contribution in [0.5, 0.6) is 0 Å². The summed E-state index contributed by atoms with van der Waals surface area (Å²) >= 11 is 0. The summed E-state index contributed by atoms with van der Waals surface area (Å²) in [5, 5.41) is 0. The van der Waals surface area contributed by atoms with Gasteiger partial charge in [-0.3, -0.25) is 4.90 Å². The maximum Gasteiger partial charge on any atom is 0.414 e. The van der Waals surface area contributed by atoms with Gasteiger partial charge in [0.25, 0.3) is 0 Å². The molecule has 0 spiro atoms. The summed E-state index contributed by atoms with van der Waals surface area (Å²) in [6, 6.07) is 0. The summed E-state index contributed by atoms with van der Waals surface area (Å²) in [6.45, 7) is 7.95. The molecule has 0 radical (unpaired) electrons. The molecule has 1 aliphatic heterocycles. The molecule has 0 aromatic carbocycles. The standard InChI is InChI=1S/C16H25NO4/c1-6-7-8-13-9-12(10-14(18)20-5)11-17(13)15(19)21-16(2,3)4/h9-10H,6-8,11H2,1-5H3/b12-10-. The van der Waals surface area contributed by atoms with E-state index in [-0.39, 0.29) is 6.09 Å². The summed E-state index contributed by atoms with van der Waals surface area (Å²) in [4.78, 5) is 25.2. The third-order valence-electron chi connectivity index (χ3n) is 2.94. The van der Waals surface area contributed by atoms with Gasteiger partial charge in [-0.05, 0) is 45.3 Å². The van der Waals surface area contributed by atoms with Crippen LogP contribution in [0, 0.1) is 0 Å². The fraction of sp³-hybridized carbons (Fsp3) is 0.625. The molecular weight excluding hydrogens is 270 g/mol. The van der Waals surface area contributed by atoms with Gasteiger partial charge >= 0.3 is 12.1 Å². The second-order valence-electron chi connectivity index (χ2n) is 6.05. The average Bonchev–Trinajstić information content (AvgIpc) is 2.77. The Morgan fingerprint density at radius 2 is 2.05 bits per heavy atom. The van der Waals surface area contributed by atoms with E-state index in [0.29, 0.717) is 6.54 Å². The molecule has 5 nitrogen and oxygen atoms in total. The van der Waals surface area contributed by atoms with Crippen LogP contribution in [0.15, 0.2) is 23.4 Å². The first-order valence-electron chi connectivity index (χ1n) is 7.26. The lowest BCUT2D eigenvalue weighted by atomic mass is 10.2. The Hall–Kier alpha value is -1.78. The van der Waals surface area contributed by atoms with Crippen molar-refractivity contribution < 1.29 is 19.1 Å². The smallest absolute Gasteiger partial charge is 0.414 e. The molecule has 0 unspecified atom stereocenters. The first kappa shape index (κ1) is 17.3. The highest BCUT2D eigenvalue weighted by Crippen LogP contribution is 2.26. The van der Waals surface area contributed by atoms with E-state index in [4.69, 9.17) is 4.74 Å². The lowest BCUT2D eigenvalue weighted by Gasteiger charge is -2.26. The number of carbonyl (C=O) groups excluding carboxylic acids is 2. The molecule has 21 heavy (non-hydrogen) atoms. The molecule has 0 saturated heterocycles. The predicted octanol–water partition coefficient (Wildman–Crippen LogP) is 3.41. The van der Waals surface area contributed by atoms with Crippen LogP contribution >= 0.6 is 0 Å². The van der Waals surface area contributed by atoms with Crippen molar-refractivity contribution in [2.75, 3.05) is 13.7 Å². The number of amides is 1. The molecule has 0 aromatic heterocycles. The molecule has 0 aliphatic carbocycles. The summed E-state index contributed by atoms with van der Waals surface area (Å²) in [5.41, 5.74) is 1.11. The summed E-state index contributed by atoms with van der Waals surface area (Å²) in [7, 11) is 1.34. The van der Waals surface area contributed by atoms with Gasteiger partial charge < -0.3 is 9.47 Å². The van der Waals surface area contributed by atoms with Gasteiger partial charge in [-0.15, -0.1) is 0 Å². The molecule has 1 amide bonds. The summed E-state index contributed by atoms with van der Waals surface area (Å²) in [6.07, 6.45) is 5.71. The second-order valence-corrected chi connectivity index (χ2v) is 6.05. The predicted molar refractivity (Wildman–Crippen MR) is 80.6 cm³/mol. The van der Waals surface area contributed by atoms with Crippen molar-refractivity contribution in [3.63, 3.8) is 0 Å². The van der Waals surface area contributed by atoms with Crippen LogP contribution in [0.25, 0.3) is 0 Å². The Bertz CT molecular complexity index is 457. The lowest BCUT2D eigenvalue weighted by Crippen LogP contribution is -2.35. The number of hydrogen-bond donors (Lipinski definition) is 0. The third-order valence-corrected chi connectivity index (χ3v) is 2.94. The van der Waals surface area contributed by atoms with Crippen LogP contribution in [-0.4, -0.2) is 36.2 Å². The van der Waals surface area contributed by atoms with Gasteiger partial charge in [0.15, 0.2) is 0 Å². The van der Waals surface area contributed by atoms with Gasteiger partial charge in [0, 0.05) is 11.8 Å². The molecular formula is C16H25NO4. The molecule has 0 atom stereocenters. The molecule has 1 aliphatic rings. The average molecular weight is 295 g/mol. The molecule has 1 rings (SSSR count). The zero-order valence-corrected chi connectivity index (χ0v) is 13.6. The van der Waals surface area contributed by atoms with E-state index in [2.05, 4.69) is 11.7 Å². The van der Waals surface area contributed by atoms with Gasteiger partial charge in [-0.25, -0.2) is 9.59 Å². The van der Waals surface area contributed by atoms with Crippen LogP contribution in [0.3, 0.4) is 0 Å². The Labute approximate surface area is 126 Å². The minimum Gasteiger partial charge on any atom is -0.466 e. The van der Waals surface area contributed by atoms with E-state index in [0.717, 1.165) is 30.5 Å². The van der Waals surface area contributed by atoms with Crippen LogP contribution in [0.1, 0.15) is 47.0 Å². The largest absolute Gasteiger partial charge is 0.466 e. The maximum atomic E-state index is 12.3. The maximum absolute atomic E-state index is 12.3. The van der Waals surface area contributed by atoms with Gasteiger partial charge in [0.05, 0.1) is 13.7 Å². The number of allylic oxidation sites excluding steroid dienone is 1. The topological polar surface area (TPSA) is 55.8 Å². The highest BCUT2D eigenvalue weighted by Gasteiger charge is 2.29. The number of carbonyl (C=O) groups is 2.